The topological polar surface area (TPSA) is 126 Å². The van der Waals surface area contributed by atoms with Crippen molar-refractivity contribution in [2.45, 2.75) is 295 Å². The average Bonchev–Trinajstić information content (AvgIpc) is 1.53. The SMILES string of the molecule is Cc1ccccc1-n1ccc[n+]1C.[2H]C([2H])([2H])C1(C)C(C)N(c2c(C)ccc3c2oc2nc(C)ccc23)C(C)(C)C1([2H])[2H].[2H]C([2H])([2H])C1(C)C(C)N(c2c(C)ccc3c2oc2ncccc23)C(C)(C)C1([2H])[2H].[2H]C1([2H])C2(CCCCC2)C(C)N(c2c(C)ccc3c2oc2nc(C)ccc23)C1(C)C.[2H]C1([2H])C2(CCCCC2)C(C)N(c2c(C)ccc3c2oc2ncccc23)C1(C)C. The van der Waals surface area contributed by atoms with Crippen LogP contribution in [0.15, 0.2) is 170 Å². The summed E-state index contributed by atoms with van der Waals surface area (Å²) in [5.74, 6) is 0. The summed E-state index contributed by atoms with van der Waals surface area (Å²) < 4.78 is 151. The van der Waals surface area contributed by atoms with Gasteiger partial charge >= 0.3 is 0 Å². The van der Waals surface area contributed by atoms with E-state index in [1.165, 1.54) is 24.1 Å². The molecule has 0 amide bonds. The van der Waals surface area contributed by atoms with Crippen LogP contribution in [0.3, 0.4) is 0 Å². The van der Waals surface area contributed by atoms with Crippen molar-refractivity contribution in [3.05, 3.63) is 191 Å². The lowest BCUT2D eigenvalue weighted by Crippen LogP contribution is -2.44. The molecule has 14 heteroatoms. The summed E-state index contributed by atoms with van der Waals surface area (Å²) in [7, 11) is 2.03. The number of aromatic nitrogens is 6. The highest BCUT2D eigenvalue weighted by molar-refractivity contribution is 6.12. The van der Waals surface area contributed by atoms with Gasteiger partial charge in [-0.1, -0.05) is 133 Å². The molecule has 20 rings (SSSR count). The molecule has 9 aromatic heterocycles. The lowest BCUT2D eigenvalue weighted by molar-refractivity contribution is -0.744. The van der Waals surface area contributed by atoms with Crippen LogP contribution in [0.2, 0.25) is 0 Å². The molecule has 2 spiro atoms. The van der Waals surface area contributed by atoms with Gasteiger partial charge in [0.05, 0.1) is 28.9 Å². The van der Waals surface area contributed by atoms with E-state index in [-0.39, 0.29) is 22.9 Å². The van der Waals surface area contributed by atoms with Crippen LogP contribution in [-0.2, 0) is 7.05 Å². The van der Waals surface area contributed by atoms with Gasteiger partial charge in [0.2, 0.25) is 22.9 Å². The maximum atomic E-state index is 9.34. The van der Waals surface area contributed by atoms with Gasteiger partial charge in [-0.2, -0.15) is 0 Å². The minimum Gasteiger partial charge on any atom is -0.436 e. The number of rotatable bonds is 5. The van der Waals surface area contributed by atoms with Crippen LogP contribution in [0.5, 0.6) is 0 Å². The largest absolute Gasteiger partial charge is 0.436 e. The van der Waals surface area contributed by atoms with E-state index >= 15 is 0 Å². The van der Waals surface area contributed by atoms with E-state index in [0.717, 1.165) is 162 Å². The molecule has 117 heavy (non-hydrogen) atoms. The van der Waals surface area contributed by atoms with Crippen LogP contribution in [-0.4, -0.2) is 70.9 Å². The fourth-order valence-electron chi connectivity index (χ4n) is 21.4. The molecule has 14 aromatic rings. The molecule has 6 aliphatic rings. The smallest absolute Gasteiger partial charge is 0.227 e. The molecule has 4 aliphatic heterocycles. The summed E-state index contributed by atoms with van der Waals surface area (Å²) in [6.45, 7) is 35.8. The molecule has 5 aromatic carbocycles. The Morgan fingerprint density at radius 3 is 1.04 bits per heavy atom. The van der Waals surface area contributed by atoms with Crippen LogP contribution in [0.25, 0.3) is 94.0 Å². The van der Waals surface area contributed by atoms with E-state index < -0.39 is 84.3 Å². The molecule has 614 valence electrons. The van der Waals surface area contributed by atoms with E-state index in [0.29, 0.717) is 34.0 Å². The van der Waals surface area contributed by atoms with Crippen LogP contribution < -0.4 is 24.3 Å². The second kappa shape index (κ2) is 29.7. The number of pyridine rings is 4. The molecular weight excluding hydrogens is 1440 g/mol. The molecule has 6 atom stereocenters. The van der Waals surface area contributed by atoms with Gasteiger partial charge in [-0.25, -0.2) is 19.9 Å². The first-order valence-electron chi connectivity index (χ1n) is 49.4. The first-order chi connectivity index (χ1) is 61.0. The molecule has 4 saturated heterocycles. The van der Waals surface area contributed by atoms with Crippen molar-refractivity contribution in [1.82, 2.24) is 24.6 Å². The zero-order valence-corrected chi connectivity index (χ0v) is 72.9. The number of anilines is 4. The van der Waals surface area contributed by atoms with Gasteiger partial charge in [0.1, 0.15) is 5.69 Å². The Labute approximate surface area is 714 Å². The lowest BCUT2D eigenvalue weighted by atomic mass is 9.68. The summed E-state index contributed by atoms with van der Waals surface area (Å²) >= 11 is 0. The summed E-state index contributed by atoms with van der Waals surface area (Å²) in [5, 5.41) is 7.72. The zero-order valence-electron chi connectivity index (χ0n) is 86.9. The van der Waals surface area contributed by atoms with Crippen molar-refractivity contribution < 1.29 is 41.5 Å². The number of hydrogen-bond acceptors (Lipinski definition) is 12. The molecule has 2 aliphatic carbocycles. The minimum absolute atomic E-state index is 0.0926. The zero-order chi connectivity index (χ0) is 95.3. The third-order valence-electron chi connectivity index (χ3n) is 27.0. The second-order valence-electron chi connectivity index (χ2n) is 37.1. The predicted molar refractivity (Wildman–Crippen MR) is 487 cm³/mol. The molecule has 14 nitrogen and oxygen atoms in total. The fraction of sp³-hybridized carbons (Fsp3) is 0.485. The quantitative estimate of drug-likeness (QED) is 0.152. The van der Waals surface area contributed by atoms with Crippen molar-refractivity contribution in [2.24, 2.45) is 28.7 Å². The normalized spacial score (nSPS) is 27.2. The van der Waals surface area contributed by atoms with Crippen LogP contribution in [0.4, 0.5) is 22.7 Å². The summed E-state index contributed by atoms with van der Waals surface area (Å²) in [6.07, 6.45) is 11.7. The molecule has 2 saturated carbocycles. The first-order valence-corrected chi connectivity index (χ1v) is 42.4. The number of para-hydroxylation sites is 1. The van der Waals surface area contributed by atoms with Crippen molar-refractivity contribution in [3.8, 4) is 5.69 Å². The third kappa shape index (κ3) is 14.0. The van der Waals surface area contributed by atoms with Gasteiger partial charge in [0.15, 0.2) is 35.6 Å². The monoisotopic (exact) mass is 1580 g/mol. The maximum absolute atomic E-state index is 9.34. The van der Waals surface area contributed by atoms with Gasteiger partial charge < -0.3 is 37.3 Å². The first kappa shape index (κ1) is 65.3. The number of benzene rings is 5. The number of fused-ring (bicyclic) bond motifs is 12. The predicted octanol–water partition coefficient (Wildman–Crippen LogP) is 26.8. The van der Waals surface area contributed by atoms with E-state index in [1.807, 2.05) is 130 Å². The highest BCUT2D eigenvalue weighted by Crippen LogP contribution is 2.60. The Balaban J connectivity index is 0.000000122. The maximum Gasteiger partial charge on any atom is 0.227 e. The van der Waals surface area contributed by atoms with Crippen molar-refractivity contribution >= 4 is 111 Å². The van der Waals surface area contributed by atoms with Crippen LogP contribution >= 0.6 is 0 Å². The molecule has 0 bridgehead atoms. The Morgan fingerprint density at radius 1 is 0.368 bits per heavy atom. The summed E-state index contributed by atoms with van der Waals surface area (Å²) in [4.78, 5) is 26.4. The Morgan fingerprint density at radius 2 is 0.701 bits per heavy atom. The Bertz CT molecular complexity index is 6760. The molecular formula is C103H129N10O4+. The van der Waals surface area contributed by atoms with E-state index in [4.69, 9.17) is 31.4 Å². The van der Waals surface area contributed by atoms with Crippen molar-refractivity contribution in [1.29, 1.82) is 0 Å². The van der Waals surface area contributed by atoms with Gasteiger partial charge in [0.25, 0.3) is 0 Å². The Kier molecular flexibility index (Phi) is 16.6. The van der Waals surface area contributed by atoms with E-state index in [2.05, 4.69) is 162 Å². The summed E-state index contributed by atoms with van der Waals surface area (Å²) in [5.41, 5.74) is 9.91. The van der Waals surface area contributed by atoms with Crippen LogP contribution in [0.1, 0.15) is 259 Å². The van der Waals surface area contributed by atoms with Crippen LogP contribution in [0, 0.1) is 70.1 Å². The summed E-state index contributed by atoms with van der Waals surface area (Å²) in [6, 6.07) is 41.6. The molecule has 6 fully saturated rings. The van der Waals surface area contributed by atoms with Gasteiger partial charge in [0, 0.05) is 138 Å². The third-order valence-corrected chi connectivity index (χ3v) is 27.0. The standard InChI is InChI=1S/C25H32N2O.C24H30N2O.C22H28N2O.C21H26N2O.C11H13N2/c1-16-9-11-19-20-12-10-17(2)26-23(20)28-22(19)21(16)27-18(3)25(15-24(27,4)5)13-7-6-8-14-25;1-16-10-11-18-19-9-8-14-25-22(19)27-21(18)20(16)26-17(2)24(15-23(26,3)4)12-6-5-7-13-24;1-13-8-10-16-17-11-9-14(2)23-20(17)25-19(16)18(13)24-15(3)21(4,5)12-22(24,6)7;1-13-9-10-15-16-8-7-11-22-19(16)24-18(15)17(13)23-14(2)20(3,4)12-21(23,5)6;1-10-6-3-4-7-11(10)13-9-5-8-12(13)2/h9-12,18H,6-8,13-15H2,1-5H3;8-11,14,17H,5-7,12-13,15H2,1-4H3;8-11,15H,12H2,1-7H3;7-11,14H,12H2,1-6H3;3-9H,1-2H3/q;;;;+1/i2*15D2;4D3,12D2;3D3,12D2;. The van der Waals surface area contributed by atoms with Crippen molar-refractivity contribution in [3.63, 3.8) is 0 Å². The molecule has 0 N–H and O–H groups in total. The number of hydrogen-bond donors (Lipinski definition) is 0. The van der Waals surface area contributed by atoms with Gasteiger partial charge in [-0.05, 0) is 287 Å². The highest BCUT2D eigenvalue weighted by atomic mass is 16.4. The van der Waals surface area contributed by atoms with E-state index in [9.17, 15) is 5.48 Å². The average molecular weight is 1590 g/mol. The lowest BCUT2D eigenvalue weighted by Gasteiger charge is -2.41. The van der Waals surface area contributed by atoms with E-state index in [1.54, 1.807) is 60.9 Å². The number of furan rings is 4. The van der Waals surface area contributed by atoms with Gasteiger partial charge in [-0.3, -0.25) is 0 Å². The molecule has 0 radical (unpaired) electrons. The van der Waals surface area contributed by atoms with Crippen molar-refractivity contribution in [2.75, 3.05) is 19.6 Å². The second-order valence-corrected chi connectivity index (χ2v) is 37.1. The molecule has 6 unspecified atom stereocenters. The number of nitrogens with zero attached hydrogens (tertiary/aromatic N) is 10. The Hall–Kier alpha value is -9.69. The van der Waals surface area contributed by atoms with Gasteiger partial charge in [-0.15, -0.1) is 9.36 Å². The minimum atomic E-state index is -2.48. The number of aryl methyl sites for hydroxylation is 8. The fourth-order valence-corrected chi connectivity index (χ4v) is 21.4. The highest BCUT2D eigenvalue weighted by Gasteiger charge is 2.57. The molecule has 13 heterocycles.